The van der Waals surface area contributed by atoms with Crippen LogP contribution in [0, 0.1) is 0 Å². The molecule has 0 bridgehead atoms. The first-order valence-corrected chi connectivity index (χ1v) is 16.5. The monoisotopic (exact) mass is 650 g/mol. The molecule has 3 amide bonds. The largest absolute Gasteiger partial charge is 0.378 e. The lowest BCUT2D eigenvalue weighted by Gasteiger charge is -2.46. The Morgan fingerprint density at radius 3 is 2.11 bits per heavy atom. The molecule has 0 aliphatic carbocycles. The van der Waals surface area contributed by atoms with E-state index in [1.807, 2.05) is 70.5 Å². The van der Waals surface area contributed by atoms with Crippen LogP contribution < -0.4 is 5.32 Å². The summed E-state index contributed by atoms with van der Waals surface area (Å²) in [5.41, 5.74) is 1.51. The first kappa shape index (κ1) is 31.8. The Morgan fingerprint density at radius 1 is 0.756 bits per heavy atom. The molecular weight excluding hydrogens is 611 g/mol. The van der Waals surface area contributed by atoms with E-state index in [9.17, 15) is 9.59 Å². The summed E-state index contributed by atoms with van der Waals surface area (Å²) in [6.45, 7) is 6.06. The number of hydrogen-bond acceptors (Lipinski definition) is 5. The van der Waals surface area contributed by atoms with Gasteiger partial charge in [0.2, 0.25) is 0 Å². The van der Waals surface area contributed by atoms with Crippen molar-refractivity contribution in [2.24, 2.45) is 0 Å². The normalized spacial score (nSPS) is 22.2. The zero-order chi connectivity index (χ0) is 31.3. The van der Waals surface area contributed by atoms with Gasteiger partial charge in [-0.15, -0.1) is 0 Å². The third-order valence-electron chi connectivity index (χ3n) is 9.45. The Bertz CT molecular complexity index is 1460. The molecule has 6 rings (SSSR count). The van der Waals surface area contributed by atoms with E-state index in [2.05, 4.69) is 22.3 Å². The standard InChI is InChI=1S/C35H40Cl2N4O4/c36-30-12-11-29(25-31(30)37)35(26-41(21-24-45-35)32(42)27-7-3-1-4-8-27)15-18-39-16-13-34(14-17-39,28-9-5-2-6-10-28)38-33(43)40-19-22-44-23-20-40/h1-12,25H,13-24,26H2,(H,38,43). The number of rotatable bonds is 7. The van der Waals surface area contributed by atoms with Gasteiger partial charge in [0.25, 0.3) is 5.91 Å². The number of amides is 3. The second-order valence-electron chi connectivity index (χ2n) is 12.1. The van der Waals surface area contributed by atoms with Gasteiger partial charge in [0.05, 0.1) is 41.9 Å². The smallest absolute Gasteiger partial charge is 0.318 e. The molecule has 3 aromatic carbocycles. The maximum absolute atomic E-state index is 13.5. The number of benzene rings is 3. The van der Waals surface area contributed by atoms with Gasteiger partial charge in [-0.1, -0.05) is 77.8 Å². The van der Waals surface area contributed by atoms with Crippen molar-refractivity contribution in [1.29, 1.82) is 0 Å². The molecular formula is C35H40Cl2N4O4. The lowest BCUT2D eigenvalue weighted by atomic mass is 9.80. The van der Waals surface area contributed by atoms with Crippen LogP contribution in [0.5, 0.6) is 0 Å². The average Bonchev–Trinajstić information content (AvgIpc) is 3.10. The fourth-order valence-corrected chi connectivity index (χ4v) is 7.06. The molecule has 3 aliphatic rings. The zero-order valence-electron chi connectivity index (χ0n) is 25.4. The van der Waals surface area contributed by atoms with E-state index in [1.165, 1.54) is 0 Å². The summed E-state index contributed by atoms with van der Waals surface area (Å²) in [4.78, 5) is 33.1. The second-order valence-corrected chi connectivity index (χ2v) is 12.9. The van der Waals surface area contributed by atoms with E-state index >= 15 is 0 Å². The highest BCUT2D eigenvalue weighted by molar-refractivity contribution is 6.42. The third kappa shape index (κ3) is 7.16. The number of halogens is 2. The molecule has 0 saturated carbocycles. The van der Waals surface area contributed by atoms with Crippen molar-refractivity contribution in [3.8, 4) is 0 Å². The van der Waals surface area contributed by atoms with Crippen molar-refractivity contribution >= 4 is 35.1 Å². The molecule has 3 aromatic rings. The minimum absolute atomic E-state index is 0.00929. The highest BCUT2D eigenvalue weighted by Crippen LogP contribution is 2.39. The quantitative estimate of drug-likeness (QED) is 0.351. The van der Waals surface area contributed by atoms with Crippen LogP contribution in [0.15, 0.2) is 78.9 Å². The van der Waals surface area contributed by atoms with Gasteiger partial charge in [-0.25, -0.2) is 4.79 Å². The summed E-state index contributed by atoms with van der Waals surface area (Å²) in [5, 5.41) is 4.38. The van der Waals surface area contributed by atoms with Gasteiger partial charge in [-0.3, -0.25) is 4.79 Å². The molecule has 3 fully saturated rings. The second kappa shape index (κ2) is 14.1. The van der Waals surface area contributed by atoms with Gasteiger partial charge >= 0.3 is 6.03 Å². The zero-order valence-corrected chi connectivity index (χ0v) is 26.9. The summed E-state index contributed by atoms with van der Waals surface area (Å²) >= 11 is 12.8. The Balaban J connectivity index is 1.18. The molecule has 8 nitrogen and oxygen atoms in total. The molecule has 3 heterocycles. The van der Waals surface area contributed by atoms with E-state index in [0.717, 1.165) is 43.6 Å². The van der Waals surface area contributed by atoms with E-state index in [4.69, 9.17) is 32.7 Å². The molecule has 1 unspecified atom stereocenters. The SMILES string of the molecule is O=C(NC1(c2ccccc2)CCN(CCC2(c3ccc(Cl)c(Cl)c3)CN(C(=O)c3ccccc3)CCO2)CC1)N1CCOCC1. The van der Waals surface area contributed by atoms with E-state index in [0.29, 0.717) is 68.0 Å². The van der Waals surface area contributed by atoms with Crippen LogP contribution in [-0.4, -0.2) is 92.3 Å². The summed E-state index contributed by atoms with van der Waals surface area (Å²) in [6, 6.07) is 25.3. The lowest BCUT2D eigenvalue weighted by Crippen LogP contribution is -2.58. The van der Waals surface area contributed by atoms with Gasteiger partial charge in [-0.05, 0) is 54.7 Å². The van der Waals surface area contributed by atoms with Gasteiger partial charge in [0, 0.05) is 44.8 Å². The molecule has 1 N–H and O–H groups in total. The molecule has 1 atom stereocenters. The Labute approximate surface area is 275 Å². The topological polar surface area (TPSA) is 74.4 Å². The molecule has 238 valence electrons. The van der Waals surface area contributed by atoms with Crippen LogP contribution in [0.1, 0.15) is 40.7 Å². The van der Waals surface area contributed by atoms with Crippen LogP contribution in [0.4, 0.5) is 4.79 Å². The van der Waals surface area contributed by atoms with E-state index in [1.54, 1.807) is 6.07 Å². The van der Waals surface area contributed by atoms with Crippen LogP contribution in [-0.2, 0) is 20.6 Å². The number of likely N-dealkylation sites (tertiary alicyclic amines) is 1. The summed E-state index contributed by atoms with van der Waals surface area (Å²) < 4.78 is 12.0. The van der Waals surface area contributed by atoms with Gasteiger partial charge in [-0.2, -0.15) is 0 Å². The van der Waals surface area contributed by atoms with Crippen molar-refractivity contribution in [2.45, 2.75) is 30.4 Å². The molecule has 45 heavy (non-hydrogen) atoms. The summed E-state index contributed by atoms with van der Waals surface area (Å²) in [7, 11) is 0. The average molecular weight is 652 g/mol. The van der Waals surface area contributed by atoms with Crippen LogP contribution in [0.25, 0.3) is 0 Å². The van der Waals surface area contributed by atoms with Crippen molar-refractivity contribution in [3.63, 3.8) is 0 Å². The molecule has 3 saturated heterocycles. The molecule has 3 aliphatic heterocycles. The van der Waals surface area contributed by atoms with Crippen molar-refractivity contribution in [1.82, 2.24) is 20.0 Å². The summed E-state index contributed by atoms with van der Waals surface area (Å²) in [5.74, 6) is -0.00929. The van der Waals surface area contributed by atoms with E-state index in [-0.39, 0.29) is 11.9 Å². The number of ether oxygens (including phenoxy) is 2. The van der Waals surface area contributed by atoms with Crippen LogP contribution in [0.3, 0.4) is 0 Å². The van der Waals surface area contributed by atoms with Crippen LogP contribution in [0.2, 0.25) is 10.0 Å². The Morgan fingerprint density at radius 2 is 1.42 bits per heavy atom. The van der Waals surface area contributed by atoms with Gasteiger partial charge < -0.3 is 29.5 Å². The Hall–Kier alpha value is -3.14. The van der Waals surface area contributed by atoms with Crippen molar-refractivity contribution in [2.75, 3.05) is 65.6 Å². The molecule has 0 aromatic heterocycles. The highest BCUT2D eigenvalue weighted by Gasteiger charge is 2.43. The summed E-state index contributed by atoms with van der Waals surface area (Å²) in [6.07, 6.45) is 2.24. The number of urea groups is 1. The predicted octanol–water partition coefficient (Wildman–Crippen LogP) is 5.78. The fourth-order valence-electron chi connectivity index (χ4n) is 6.76. The maximum Gasteiger partial charge on any atom is 0.318 e. The fraction of sp³-hybridized carbons (Fsp3) is 0.429. The first-order valence-electron chi connectivity index (χ1n) is 15.7. The number of nitrogens with one attached hydrogen (secondary N) is 1. The number of carbonyl (C=O) groups is 2. The van der Waals surface area contributed by atoms with Crippen LogP contribution >= 0.6 is 23.2 Å². The van der Waals surface area contributed by atoms with Gasteiger partial charge in [0.15, 0.2) is 0 Å². The third-order valence-corrected chi connectivity index (χ3v) is 10.2. The lowest BCUT2D eigenvalue weighted by molar-refractivity contribution is -0.113. The maximum atomic E-state index is 13.5. The minimum atomic E-state index is -0.741. The van der Waals surface area contributed by atoms with Crippen molar-refractivity contribution in [3.05, 3.63) is 106 Å². The number of piperidine rings is 1. The first-order chi connectivity index (χ1) is 21.9. The number of hydrogen-bond donors (Lipinski definition) is 1. The minimum Gasteiger partial charge on any atom is -0.378 e. The molecule has 0 spiro atoms. The van der Waals surface area contributed by atoms with E-state index < -0.39 is 11.1 Å². The molecule has 0 radical (unpaired) electrons. The van der Waals surface area contributed by atoms with Crippen molar-refractivity contribution < 1.29 is 19.1 Å². The number of nitrogens with zero attached hydrogens (tertiary/aromatic N) is 3. The number of carbonyl (C=O) groups excluding carboxylic acids is 2. The predicted molar refractivity (Wildman–Crippen MR) is 176 cm³/mol. The highest BCUT2D eigenvalue weighted by atomic mass is 35.5. The van der Waals surface area contributed by atoms with Gasteiger partial charge in [0.1, 0.15) is 5.60 Å². The Kier molecular flexibility index (Phi) is 9.97. The number of morpholine rings is 2. The molecule has 10 heteroatoms.